The van der Waals surface area contributed by atoms with Crippen molar-refractivity contribution < 1.29 is 14.7 Å². The molecule has 0 saturated carbocycles. The number of carbonyl (C=O) groups is 2. The van der Waals surface area contributed by atoms with E-state index < -0.39 is 24.0 Å². The first-order valence-electron chi connectivity index (χ1n) is 5.19. The van der Waals surface area contributed by atoms with Crippen LogP contribution in [0.1, 0.15) is 12.6 Å². The number of carbonyl (C=O) groups excluding carboxylic acids is 1. The summed E-state index contributed by atoms with van der Waals surface area (Å²) in [5.74, 6) is -1.59. The van der Waals surface area contributed by atoms with E-state index in [4.69, 9.17) is 10.8 Å². The minimum absolute atomic E-state index is 0.277. The number of carboxylic acid groups (broad SMARTS) is 1. The smallest absolute Gasteiger partial charge is 0.325 e. The molecule has 1 heterocycles. The maximum absolute atomic E-state index is 11.5. The fraction of sp³-hybridized carbons (Fsp3) is 0.364. The first-order valence-corrected chi connectivity index (χ1v) is 5.19. The third-order valence-electron chi connectivity index (χ3n) is 2.22. The van der Waals surface area contributed by atoms with Gasteiger partial charge in [0.1, 0.15) is 6.04 Å². The van der Waals surface area contributed by atoms with Gasteiger partial charge >= 0.3 is 5.97 Å². The van der Waals surface area contributed by atoms with Crippen molar-refractivity contribution >= 4 is 11.9 Å². The summed E-state index contributed by atoms with van der Waals surface area (Å²) in [6, 6.07) is 3.58. The van der Waals surface area contributed by atoms with E-state index in [1.165, 1.54) is 6.92 Å². The molecule has 0 aliphatic carbocycles. The van der Waals surface area contributed by atoms with Gasteiger partial charge in [0.15, 0.2) is 0 Å². The fourth-order valence-electron chi connectivity index (χ4n) is 1.22. The van der Waals surface area contributed by atoms with Gasteiger partial charge in [-0.25, -0.2) is 0 Å². The molecule has 1 rings (SSSR count). The SMILES string of the molecule is C[C@H](NC(=O)[C@@H](N)Cc1ccccn1)C(=O)O. The molecule has 4 N–H and O–H groups in total. The van der Waals surface area contributed by atoms with Crippen LogP contribution >= 0.6 is 0 Å². The molecule has 1 aromatic rings. The standard InChI is InChI=1S/C11H15N3O3/c1-7(11(16)17)14-10(15)9(12)6-8-4-2-3-5-13-8/h2-5,7,9H,6,12H2,1H3,(H,14,15)(H,16,17)/t7-,9-/m0/s1. The zero-order valence-corrected chi connectivity index (χ0v) is 9.46. The lowest BCUT2D eigenvalue weighted by Crippen LogP contribution is -2.48. The largest absolute Gasteiger partial charge is 0.480 e. The lowest BCUT2D eigenvalue weighted by molar-refractivity contribution is -0.141. The summed E-state index contributed by atoms with van der Waals surface area (Å²) in [5.41, 5.74) is 6.35. The van der Waals surface area contributed by atoms with Crippen LogP contribution in [0.4, 0.5) is 0 Å². The van der Waals surface area contributed by atoms with Gasteiger partial charge in [-0.05, 0) is 19.1 Å². The zero-order valence-electron chi connectivity index (χ0n) is 9.46. The van der Waals surface area contributed by atoms with Crippen molar-refractivity contribution in [1.82, 2.24) is 10.3 Å². The molecule has 0 saturated heterocycles. The second kappa shape index (κ2) is 5.95. The van der Waals surface area contributed by atoms with Crippen LogP contribution in [-0.4, -0.2) is 34.1 Å². The molecular weight excluding hydrogens is 222 g/mol. The molecule has 17 heavy (non-hydrogen) atoms. The second-order valence-electron chi connectivity index (χ2n) is 3.70. The predicted molar refractivity (Wildman–Crippen MR) is 61.2 cm³/mol. The van der Waals surface area contributed by atoms with E-state index in [0.717, 1.165) is 0 Å². The Kier molecular flexibility index (Phi) is 4.59. The van der Waals surface area contributed by atoms with Gasteiger partial charge in [0.05, 0.1) is 6.04 Å². The van der Waals surface area contributed by atoms with Crippen molar-refractivity contribution in [3.63, 3.8) is 0 Å². The Morgan fingerprint density at radius 2 is 2.24 bits per heavy atom. The van der Waals surface area contributed by atoms with Gasteiger partial charge in [-0.3, -0.25) is 14.6 Å². The topological polar surface area (TPSA) is 105 Å². The van der Waals surface area contributed by atoms with Gasteiger partial charge in [-0.15, -0.1) is 0 Å². The molecule has 0 bridgehead atoms. The van der Waals surface area contributed by atoms with Crippen LogP contribution in [0.3, 0.4) is 0 Å². The Morgan fingerprint density at radius 3 is 2.76 bits per heavy atom. The molecule has 92 valence electrons. The molecule has 1 aromatic heterocycles. The number of nitrogens with one attached hydrogen (secondary N) is 1. The number of hydrogen-bond acceptors (Lipinski definition) is 4. The number of carboxylic acids is 1. The lowest BCUT2D eigenvalue weighted by Gasteiger charge is -2.14. The van der Waals surface area contributed by atoms with Gasteiger partial charge in [0.25, 0.3) is 0 Å². The average Bonchev–Trinajstić information content (AvgIpc) is 2.29. The molecule has 6 heteroatoms. The minimum Gasteiger partial charge on any atom is -0.480 e. The monoisotopic (exact) mass is 237 g/mol. The number of nitrogens with zero attached hydrogens (tertiary/aromatic N) is 1. The molecule has 0 unspecified atom stereocenters. The van der Waals surface area contributed by atoms with Crippen LogP contribution in [0.2, 0.25) is 0 Å². The predicted octanol–water partition coefficient (Wildman–Crippen LogP) is -0.459. The van der Waals surface area contributed by atoms with E-state index in [2.05, 4.69) is 10.3 Å². The van der Waals surface area contributed by atoms with Crippen molar-refractivity contribution in [2.45, 2.75) is 25.4 Å². The summed E-state index contributed by atoms with van der Waals surface area (Å²) in [7, 11) is 0. The van der Waals surface area contributed by atoms with Crippen LogP contribution in [0.25, 0.3) is 0 Å². The van der Waals surface area contributed by atoms with E-state index >= 15 is 0 Å². The molecule has 6 nitrogen and oxygen atoms in total. The first kappa shape index (κ1) is 13.1. The Labute approximate surface area is 98.8 Å². The molecule has 1 amide bonds. The van der Waals surface area contributed by atoms with Gasteiger partial charge < -0.3 is 16.2 Å². The number of pyridine rings is 1. The quantitative estimate of drug-likeness (QED) is 0.642. The Morgan fingerprint density at radius 1 is 1.53 bits per heavy atom. The summed E-state index contributed by atoms with van der Waals surface area (Å²) >= 11 is 0. The summed E-state index contributed by atoms with van der Waals surface area (Å²) < 4.78 is 0. The van der Waals surface area contributed by atoms with Gasteiger partial charge in [-0.1, -0.05) is 6.07 Å². The normalized spacial score (nSPS) is 13.8. The zero-order chi connectivity index (χ0) is 12.8. The summed E-state index contributed by atoms with van der Waals surface area (Å²) in [6.07, 6.45) is 1.89. The summed E-state index contributed by atoms with van der Waals surface area (Å²) in [4.78, 5) is 26.1. The average molecular weight is 237 g/mol. The van der Waals surface area contributed by atoms with Crippen LogP contribution in [0.15, 0.2) is 24.4 Å². The van der Waals surface area contributed by atoms with Crippen molar-refractivity contribution in [2.75, 3.05) is 0 Å². The first-order chi connectivity index (χ1) is 8.00. The third-order valence-corrected chi connectivity index (χ3v) is 2.22. The molecule has 0 fully saturated rings. The van der Waals surface area contributed by atoms with Crippen molar-refractivity contribution in [3.8, 4) is 0 Å². The highest BCUT2D eigenvalue weighted by atomic mass is 16.4. The molecule has 0 aromatic carbocycles. The molecule has 0 aliphatic heterocycles. The Bertz CT molecular complexity index is 394. The van der Waals surface area contributed by atoms with Crippen LogP contribution in [0, 0.1) is 0 Å². The third kappa shape index (κ3) is 4.20. The number of aromatic nitrogens is 1. The molecule has 0 aliphatic rings. The van der Waals surface area contributed by atoms with Crippen LogP contribution in [0.5, 0.6) is 0 Å². The van der Waals surface area contributed by atoms with Crippen molar-refractivity contribution in [3.05, 3.63) is 30.1 Å². The second-order valence-corrected chi connectivity index (χ2v) is 3.70. The van der Waals surface area contributed by atoms with E-state index in [0.29, 0.717) is 5.69 Å². The highest BCUT2D eigenvalue weighted by Crippen LogP contribution is 1.98. The van der Waals surface area contributed by atoms with E-state index in [-0.39, 0.29) is 6.42 Å². The van der Waals surface area contributed by atoms with Gasteiger partial charge in [0.2, 0.25) is 5.91 Å². The number of amides is 1. The fourth-order valence-corrected chi connectivity index (χ4v) is 1.22. The molecule has 0 spiro atoms. The molecular formula is C11H15N3O3. The minimum atomic E-state index is -1.09. The van der Waals surface area contributed by atoms with Crippen molar-refractivity contribution in [2.24, 2.45) is 5.73 Å². The maximum Gasteiger partial charge on any atom is 0.325 e. The summed E-state index contributed by atoms with van der Waals surface area (Å²) in [5, 5.41) is 10.9. The van der Waals surface area contributed by atoms with E-state index in [9.17, 15) is 9.59 Å². The maximum atomic E-state index is 11.5. The Balaban J connectivity index is 2.50. The van der Waals surface area contributed by atoms with E-state index in [1.807, 2.05) is 0 Å². The summed E-state index contributed by atoms with van der Waals surface area (Å²) in [6.45, 7) is 1.38. The van der Waals surface area contributed by atoms with Gasteiger partial charge in [0, 0.05) is 18.3 Å². The van der Waals surface area contributed by atoms with Gasteiger partial charge in [-0.2, -0.15) is 0 Å². The highest BCUT2D eigenvalue weighted by molar-refractivity contribution is 5.86. The molecule has 0 radical (unpaired) electrons. The highest BCUT2D eigenvalue weighted by Gasteiger charge is 2.19. The van der Waals surface area contributed by atoms with E-state index in [1.54, 1.807) is 24.4 Å². The lowest BCUT2D eigenvalue weighted by atomic mass is 10.1. The van der Waals surface area contributed by atoms with Crippen LogP contribution < -0.4 is 11.1 Å². The van der Waals surface area contributed by atoms with Crippen LogP contribution in [-0.2, 0) is 16.0 Å². The van der Waals surface area contributed by atoms with Crippen molar-refractivity contribution in [1.29, 1.82) is 0 Å². The number of rotatable bonds is 5. The molecule has 2 atom stereocenters. The number of hydrogen-bond donors (Lipinski definition) is 3. The number of aliphatic carboxylic acids is 1. The number of nitrogens with two attached hydrogens (primary N) is 1. The Hall–Kier alpha value is -1.95.